The Kier molecular flexibility index (Phi) is 10.9. The molecule has 1 N–H and O–H groups in total. The smallest absolute Gasteiger partial charge is 0.194 e. The standard InChI is InChI=1S/C21H33N7O2.HI/c1-4-20-25-24-17-28(20)11-9-22-21(23-10-16-29-2)27-14-12-26(13-15-27)18-5-7-19(30-3)8-6-18;/h5-8,17H,4,9-16H2,1-3H3,(H,22,23);1H. The molecule has 1 aliphatic heterocycles. The number of ether oxygens (including phenoxy) is 2. The Hall–Kier alpha value is -2.08. The van der Waals surface area contributed by atoms with E-state index in [2.05, 4.69) is 48.9 Å². The molecule has 31 heavy (non-hydrogen) atoms. The van der Waals surface area contributed by atoms with Crippen LogP contribution < -0.4 is 15.0 Å². The SMILES string of the molecule is CCc1nncn1CCNC(=NCCOC)N1CCN(c2ccc(OC)cc2)CC1.I. The van der Waals surface area contributed by atoms with Crippen molar-refractivity contribution in [1.82, 2.24) is 25.0 Å². The maximum Gasteiger partial charge on any atom is 0.194 e. The van der Waals surface area contributed by atoms with E-state index in [1.165, 1.54) is 5.69 Å². The van der Waals surface area contributed by atoms with Gasteiger partial charge in [0.2, 0.25) is 0 Å². The highest BCUT2D eigenvalue weighted by molar-refractivity contribution is 14.0. The number of methoxy groups -OCH3 is 2. The molecule has 1 aromatic heterocycles. The van der Waals surface area contributed by atoms with Gasteiger partial charge in [-0.25, -0.2) is 0 Å². The van der Waals surface area contributed by atoms with Crippen molar-refractivity contribution < 1.29 is 9.47 Å². The molecule has 9 nitrogen and oxygen atoms in total. The minimum atomic E-state index is 0. The van der Waals surface area contributed by atoms with Crippen molar-refractivity contribution in [2.45, 2.75) is 19.9 Å². The number of aliphatic imine (C=N–C) groups is 1. The van der Waals surface area contributed by atoms with Crippen molar-refractivity contribution in [3.63, 3.8) is 0 Å². The molecule has 0 atom stereocenters. The zero-order valence-corrected chi connectivity index (χ0v) is 21.0. The van der Waals surface area contributed by atoms with E-state index in [-0.39, 0.29) is 24.0 Å². The molecule has 0 aliphatic carbocycles. The Morgan fingerprint density at radius 1 is 1.13 bits per heavy atom. The fourth-order valence-corrected chi connectivity index (χ4v) is 3.51. The predicted octanol–water partition coefficient (Wildman–Crippen LogP) is 1.88. The summed E-state index contributed by atoms with van der Waals surface area (Å²) in [5, 5.41) is 11.7. The van der Waals surface area contributed by atoms with Crippen LogP contribution in [0.5, 0.6) is 5.75 Å². The van der Waals surface area contributed by atoms with Crippen LogP contribution in [0, 0.1) is 0 Å². The van der Waals surface area contributed by atoms with Gasteiger partial charge in [0, 0.05) is 58.5 Å². The van der Waals surface area contributed by atoms with Crippen LogP contribution in [-0.2, 0) is 17.7 Å². The van der Waals surface area contributed by atoms with E-state index < -0.39 is 0 Å². The summed E-state index contributed by atoms with van der Waals surface area (Å²) in [4.78, 5) is 9.47. The third-order valence-electron chi connectivity index (χ3n) is 5.22. The normalized spacial score (nSPS) is 14.4. The highest BCUT2D eigenvalue weighted by Crippen LogP contribution is 2.20. The van der Waals surface area contributed by atoms with Gasteiger partial charge in [0.05, 0.1) is 20.3 Å². The van der Waals surface area contributed by atoms with Crippen LogP contribution in [-0.4, -0.2) is 85.7 Å². The number of nitrogens with one attached hydrogen (secondary N) is 1. The zero-order valence-electron chi connectivity index (χ0n) is 18.7. The van der Waals surface area contributed by atoms with E-state index in [1.807, 2.05) is 12.1 Å². The predicted molar refractivity (Wildman–Crippen MR) is 134 cm³/mol. The number of hydrogen-bond acceptors (Lipinski definition) is 6. The highest BCUT2D eigenvalue weighted by atomic mass is 127. The maximum atomic E-state index is 5.26. The lowest BCUT2D eigenvalue weighted by molar-refractivity contribution is 0.207. The van der Waals surface area contributed by atoms with E-state index in [4.69, 9.17) is 14.5 Å². The Labute approximate surface area is 201 Å². The van der Waals surface area contributed by atoms with Crippen LogP contribution >= 0.6 is 24.0 Å². The molecule has 1 saturated heterocycles. The molecule has 10 heteroatoms. The molecule has 172 valence electrons. The first-order chi connectivity index (χ1) is 14.7. The van der Waals surface area contributed by atoms with Gasteiger partial charge in [-0.05, 0) is 24.3 Å². The largest absolute Gasteiger partial charge is 0.497 e. The lowest BCUT2D eigenvalue weighted by Gasteiger charge is -2.37. The Morgan fingerprint density at radius 2 is 1.87 bits per heavy atom. The molecule has 0 radical (unpaired) electrons. The van der Waals surface area contributed by atoms with Crippen LogP contribution in [0.2, 0.25) is 0 Å². The number of guanidine groups is 1. The van der Waals surface area contributed by atoms with Gasteiger partial charge in [-0.15, -0.1) is 34.2 Å². The van der Waals surface area contributed by atoms with Crippen LogP contribution in [0.25, 0.3) is 0 Å². The minimum Gasteiger partial charge on any atom is -0.497 e. The third-order valence-corrected chi connectivity index (χ3v) is 5.22. The second-order valence-electron chi connectivity index (χ2n) is 7.09. The van der Waals surface area contributed by atoms with Crippen molar-refractivity contribution in [2.75, 3.05) is 65.0 Å². The molecule has 2 aromatic rings. The van der Waals surface area contributed by atoms with E-state index in [9.17, 15) is 0 Å². The van der Waals surface area contributed by atoms with Crippen molar-refractivity contribution in [3.8, 4) is 5.75 Å². The number of anilines is 1. The van der Waals surface area contributed by atoms with Gasteiger partial charge < -0.3 is 29.2 Å². The van der Waals surface area contributed by atoms with Gasteiger partial charge in [0.15, 0.2) is 5.96 Å². The van der Waals surface area contributed by atoms with Gasteiger partial charge in [-0.3, -0.25) is 4.99 Å². The van der Waals surface area contributed by atoms with Crippen LogP contribution in [0.3, 0.4) is 0 Å². The number of aryl methyl sites for hydroxylation is 1. The zero-order chi connectivity index (χ0) is 21.2. The number of rotatable bonds is 9. The van der Waals surface area contributed by atoms with E-state index in [0.29, 0.717) is 13.2 Å². The van der Waals surface area contributed by atoms with Gasteiger partial charge in [-0.2, -0.15) is 0 Å². The number of halogens is 1. The van der Waals surface area contributed by atoms with Gasteiger partial charge in [0.25, 0.3) is 0 Å². The summed E-state index contributed by atoms with van der Waals surface area (Å²) in [6.45, 7) is 8.66. The summed E-state index contributed by atoms with van der Waals surface area (Å²) in [5.74, 6) is 2.82. The van der Waals surface area contributed by atoms with Crippen LogP contribution in [0.15, 0.2) is 35.6 Å². The molecule has 0 amide bonds. The molecular formula is C21H34IN7O2. The summed E-state index contributed by atoms with van der Waals surface area (Å²) < 4.78 is 12.5. The summed E-state index contributed by atoms with van der Waals surface area (Å²) in [5.41, 5.74) is 1.22. The summed E-state index contributed by atoms with van der Waals surface area (Å²) in [6, 6.07) is 8.25. The first-order valence-electron chi connectivity index (χ1n) is 10.5. The van der Waals surface area contributed by atoms with E-state index in [1.54, 1.807) is 20.5 Å². The number of nitrogens with zero attached hydrogens (tertiary/aromatic N) is 6. The van der Waals surface area contributed by atoms with Gasteiger partial charge >= 0.3 is 0 Å². The molecule has 1 aromatic carbocycles. The number of benzene rings is 1. The van der Waals surface area contributed by atoms with Gasteiger partial charge in [0.1, 0.15) is 17.9 Å². The highest BCUT2D eigenvalue weighted by Gasteiger charge is 2.20. The second kappa shape index (κ2) is 13.4. The van der Waals surface area contributed by atoms with Crippen molar-refractivity contribution in [2.24, 2.45) is 4.99 Å². The molecule has 0 saturated carbocycles. The topological polar surface area (TPSA) is 80.0 Å². The van der Waals surface area contributed by atoms with Crippen LogP contribution in [0.4, 0.5) is 5.69 Å². The average Bonchev–Trinajstić information content (AvgIpc) is 3.26. The molecule has 0 unspecified atom stereocenters. The lowest BCUT2D eigenvalue weighted by Crippen LogP contribution is -2.53. The van der Waals surface area contributed by atoms with Crippen molar-refractivity contribution >= 4 is 35.6 Å². The fraction of sp³-hybridized carbons (Fsp3) is 0.571. The van der Waals surface area contributed by atoms with Crippen molar-refractivity contribution in [1.29, 1.82) is 0 Å². The van der Waals surface area contributed by atoms with Crippen LogP contribution in [0.1, 0.15) is 12.7 Å². The van der Waals surface area contributed by atoms with E-state index >= 15 is 0 Å². The Balaban J connectivity index is 0.00000341. The van der Waals surface area contributed by atoms with Gasteiger partial charge in [-0.1, -0.05) is 6.92 Å². The quantitative estimate of drug-likeness (QED) is 0.224. The first-order valence-corrected chi connectivity index (χ1v) is 10.5. The fourth-order valence-electron chi connectivity index (χ4n) is 3.51. The molecular weight excluding hydrogens is 509 g/mol. The third kappa shape index (κ3) is 7.23. The Morgan fingerprint density at radius 3 is 2.52 bits per heavy atom. The Bertz CT molecular complexity index is 789. The molecule has 0 spiro atoms. The molecule has 0 bridgehead atoms. The molecule has 1 aliphatic rings. The summed E-state index contributed by atoms with van der Waals surface area (Å²) >= 11 is 0. The minimum absolute atomic E-state index is 0. The summed E-state index contributed by atoms with van der Waals surface area (Å²) in [7, 11) is 3.40. The second-order valence-corrected chi connectivity index (χ2v) is 7.09. The molecule has 3 rings (SSSR count). The first kappa shape index (κ1) is 25.2. The maximum absolute atomic E-state index is 5.26. The molecule has 2 heterocycles. The number of aromatic nitrogens is 3. The van der Waals surface area contributed by atoms with E-state index in [0.717, 1.165) is 63.2 Å². The number of piperazine rings is 1. The summed E-state index contributed by atoms with van der Waals surface area (Å²) in [6.07, 6.45) is 2.66. The number of hydrogen-bond donors (Lipinski definition) is 1. The average molecular weight is 543 g/mol. The molecule has 1 fully saturated rings. The lowest BCUT2D eigenvalue weighted by atomic mass is 10.2. The van der Waals surface area contributed by atoms with Crippen molar-refractivity contribution in [3.05, 3.63) is 36.4 Å². The monoisotopic (exact) mass is 543 g/mol.